The van der Waals surface area contributed by atoms with Crippen LogP contribution in [0.25, 0.3) is 0 Å². The molecule has 0 radical (unpaired) electrons. The van der Waals surface area contributed by atoms with Crippen LogP contribution in [0.2, 0.25) is 0 Å². The number of rotatable bonds is 4. The summed E-state index contributed by atoms with van der Waals surface area (Å²) >= 11 is 0. The van der Waals surface area contributed by atoms with E-state index in [1.807, 2.05) is 11.9 Å². The molecule has 0 aliphatic carbocycles. The van der Waals surface area contributed by atoms with E-state index < -0.39 is 0 Å². The number of likely N-dealkylation sites (N-methyl/N-ethyl adjacent to an activating group) is 1. The van der Waals surface area contributed by atoms with Crippen molar-refractivity contribution in [3.8, 4) is 0 Å². The molecule has 0 atom stereocenters. The third-order valence-corrected chi connectivity index (χ3v) is 2.82. The second kappa shape index (κ2) is 7.24. The lowest BCUT2D eigenvalue weighted by Gasteiger charge is -2.27. The number of carbonyl (C=O) groups excluding carboxylic acids is 2. The van der Waals surface area contributed by atoms with Gasteiger partial charge in [-0.1, -0.05) is 0 Å². The quantitative estimate of drug-likeness (QED) is 0.558. The van der Waals surface area contributed by atoms with Gasteiger partial charge in [0.1, 0.15) is 0 Å². The van der Waals surface area contributed by atoms with Gasteiger partial charge in [0, 0.05) is 13.5 Å². The Bertz CT molecular complexity index is 264. The topological polar surface area (TPSA) is 73.5 Å². The molecule has 0 unspecified atom stereocenters. The maximum atomic E-state index is 11.4. The van der Waals surface area contributed by atoms with Gasteiger partial charge in [-0.2, -0.15) is 0 Å². The van der Waals surface area contributed by atoms with Gasteiger partial charge in [-0.05, 0) is 38.9 Å². The van der Waals surface area contributed by atoms with Crippen molar-refractivity contribution in [1.82, 2.24) is 21.1 Å². The summed E-state index contributed by atoms with van der Waals surface area (Å²) in [5, 5.41) is 3.32. The van der Waals surface area contributed by atoms with Gasteiger partial charge in [0.25, 0.3) is 5.91 Å². The molecule has 1 fully saturated rings. The summed E-state index contributed by atoms with van der Waals surface area (Å²) in [7, 11) is 1.93. The van der Waals surface area contributed by atoms with Gasteiger partial charge in [-0.25, -0.2) is 0 Å². The van der Waals surface area contributed by atoms with Crippen molar-refractivity contribution in [2.45, 2.75) is 19.8 Å². The summed E-state index contributed by atoms with van der Waals surface area (Å²) in [6, 6.07) is 0. The monoisotopic (exact) mass is 242 g/mol. The molecule has 0 aromatic heterocycles. The maximum Gasteiger partial charge on any atom is 0.252 e. The van der Waals surface area contributed by atoms with Crippen molar-refractivity contribution in [3.63, 3.8) is 0 Å². The number of nitrogens with zero attached hydrogens (tertiary/aromatic N) is 1. The van der Waals surface area contributed by atoms with Gasteiger partial charge < -0.3 is 5.32 Å². The number of carbonyl (C=O) groups is 2. The van der Waals surface area contributed by atoms with Crippen LogP contribution in [0.1, 0.15) is 19.8 Å². The van der Waals surface area contributed by atoms with E-state index >= 15 is 0 Å². The highest BCUT2D eigenvalue weighted by Gasteiger charge is 2.16. The van der Waals surface area contributed by atoms with Crippen molar-refractivity contribution in [3.05, 3.63) is 0 Å². The molecule has 0 bridgehead atoms. The lowest BCUT2D eigenvalue weighted by Crippen LogP contribution is -2.46. The van der Waals surface area contributed by atoms with Crippen LogP contribution in [0.15, 0.2) is 0 Å². The summed E-state index contributed by atoms with van der Waals surface area (Å²) in [6.45, 7) is 4.73. The first-order valence-electron chi connectivity index (χ1n) is 6.02. The summed E-state index contributed by atoms with van der Waals surface area (Å²) in [6.07, 6.45) is 2.33. The maximum absolute atomic E-state index is 11.4. The Morgan fingerprint density at radius 3 is 2.53 bits per heavy atom. The first kappa shape index (κ1) is 13.9. The smallest absolute Gasteiger partial charge is 0.252 e. The molecule has 3 N–H and O–H groups in total. The summed E-state index contributed by atoms with van der Waals surface area (Å²) in [5.41, 5.74) is 4.64. The van der Waals surface area contributed by atoms with Crippen molar-refractivity contribution in [2.75, 3.05) is 33.2 Å². The van der Waals surface area contributed by atoms with E-state index in [4.69, 9.17) is 0 Å². The molecule has 1 heterocycles. The third kappa shape index (κ3) is 6.23. The number of piperidine rings is 1. The predicted octanol–water partition coefficient (Wildman–Crippen LogP) is -0.915. The Kier molecular flexibility index (Phi) is 5.93. The average molecular weight is 242 g/mol. The van der Waals surface area contributed by atoms with Crippen molar-refractivity contribution < 1.29 is 9.59 Å². The highest BCUT2D eigenvalue weighted by Crippen LogP contribution is 2.12. The summed E-state index contributed by atoms with van der Waals surface area (Å²) in [5.74, 6) is 0.214. The molecular weight excluding hydrogens is 220 g/mol. The summed E-state index contributed by atoms with van der Waals surface area (Å²) in [4.78, 5) is 24.0. The second-order valence-corrected chi connectivity index (χ2v) is 4.62. The van der Waals surface area contributed by atoms with Gasteiger partial charge in [-0.3, -0.25) is 25.3 Å². The second-order valence-electron chi connectivity index (χ2n) is 4.62. The van der Waals surface area contributed by atoms with E-state index in [1.54, 1.807) is 0 Å². The first-order valence-corrected chi connectivity index (χ1v) is 6.02. The molecule has 0 spiro atoms. The van der Waals surface area contributed by atoms with Crippen LogP contribution in [0.4, 0.5) is 0 Å². The minimum Gasteiger partial charge on any atom is -0.317 e. The number of nitrogens with one attached hydrogen (secondary N) is 3. The SMILES string of the molecule is CC(=O)NNC(=O)CN(C)CC1CCNCC1. The van der Waals surface area contributed by atoms with Gasteiger partial charge in [0.05, 0.1) is 6.54 Å². The van der Waals surface area contributed by atoms with Crippen molar-refractivity contribution >= 4 is 11.8 Å². The molecule has 1 aliphatic rings. The van der Waals surface area contributed by atoms with Gasteiger partial charge in [0.15, 0.2) is 0 Å². The van der Waals surface area contributed by atoms with Crippen LogP contribution in [0, 0.1) is 5.92 Å². The third-order valence-electron chi connectivity index (χ3n) is 2.82. The molecule has 0 aromatic rings. The molecule has 17 heavy (non-hydrogen) atoms. The molecule has 1 rings (SSSR count). The molecule has 2 amide bonds. The zero-order valence-electron chi connectivity index (χ0n) is 10.6. The highest BCUT2D eigenvalue weighted by atomic mass is 16.2. The Morgan fingerprint density at radius 1 is 1.29 bits per heavy atom. The predicted molar refractivity (Wildman–Crippen MR) is 65.1 cm³/mol. The van der Waals surface area contributed by atoms with E-state index in [9.17, 15) is 9.59 Å². The number of hydrogen-bond acceptors (Lipinski definition) is 4. The Morgan fingerprint density at radius 2 is 1.94 bits per heavy atom. The first-order chi connectivity index (χ1) is 8.08. The summed E-state index contributed by atoms with van der Waals surface area (Å²) < 4.78 is 0. The lowest BCUT2D eigenvalue weighted by atomic mass is 9.98. The van der Waals surface area contributed by atoms with Gasteiger partial charge in [0.2, 0.25) is 5.91 Å². The van der Waals surface area contributed by atoms with E-state index in [-0.39, 0.29) is 11.8 Å². The number of hydrazine groups is 1. The van der Waals surface area contributed by atoms with Crippen LogP contribution < -0.4 is 16.2 Å². The van der Waals surface area contributed by atoms with Gasteiger partial charge >= 0.3 is 0 Å². The number of hydrogen-bond donors (Lipinski definition) is 3. The zero-order valence-corrected chi connectivity index (χ0v) is 10.6. The van der Waals surface area contributed by atoms with E-state index in [2.05, 4.69) is 16.2 Å². The largest absolute Gasteiger partial charge is 0.317 e. The molecule has 6 nitrogen and oxygen atoms in total. The van der Waals surface area contributed by atoms with E-state index in [0.717, 1.165) is 32.5 Å². The minimum absolute atomic E-state index is 0.184. The fourth-order valence-corrected chi connectivity index (χ4v) is 2.01. The van der Waals surface area contributed by atoms with Crippen molar-refractivity contribution in [1.29, 1.82) is 0 Å². The van der Waals surface area contributed by atoms with Gasteiger partial charge in [-0.15, -0.1) is 0 Å². The highest BCUT2D eigenvalue weighted by molar-refractivity contribution is 5.81. The fraction of sp³-hybridized carbons (Fsp3) is 0.818. The Hall–Kier alpha value is -1.14. The molecule has 1 saturated heterocycles. The van der Waals surface area contributed by atoms with Crippen LogP contribution in [-0.2, 0) is 9.59 Å². The Labute approximate surface area is 102 Å². The average Bonchev–Trinajstić information content (AvgIpc) is 2.27. The van der Waals surface area contributed by atoms with Crippen molar-refractivity contribution in [2.24, 2.45) is 5.92 Å². The van der Waals surface area contributed by atoms with Crippen LogP contribution in [-0.4, -0.2) is 49.9 Å². The molecule has 1 aliphatic heterocycles. The van der Waals surface area contributed by atoms with Crippen LogP contribution in [0.3, 0.4) is 0 Å². The molecule has 98 valence electrons. The molecule has 6 heteroatoms. The standard InChI is InChI=1S/C11H22N4O2/c1-9(16)13-14-11(17)8-15(2)7-10-3-5-12-6-4-10/h10,12H,3-8H2,1-2H3,(H,13,16)(H,14,17). The number of amides is 2. The van der Waals surface area contributed by atoms with Crippen LogP contribution >= 0.6 is 0 Å². The molecule has 0 aromatic carbocycles. The molecule has 0 saturated carbocycles. The molecular formula is C11H22N4O2. The fourth-order valence-electron chi connectivity index (χ4n) is 2.01. The normalized spacial score (nSPS) is 16.9. The lowest BCUT2D eigenvalue weighted by molar-refractivity contribution is -0.128. The zero-order chi connectivity index (χ0) is 12.7. The minimum atomic E-state index is -0.264. The van der Waals surface area contributed by atoms with Crippen LogP contribution in [0.5, 0.6) is 0 Å². The Balaban J connectivity index is 2.16. The van der Waals surface area contributed by atoms with E-state index in [1.165, 1.54) is 6.92 Å². The van der Waals surface area contributed by atoms with E-state index in [0.29, 0.717) is 12.5 Å².